The number of hydrogen-bond acceptors (Lipinski definition) is 5. The van der Waals surface area contributed by atoms with Crippen molar-refractivity contribution in [3.63, 3.8) is 0 Å². The topological polar surface area (TPSA) is 69.4 Å². The van der Waals surface area contributed by atoms with Gasteiger partial charge in [-0.05, 0) is 26.0 Å². The number of fused-ring (bicyclic) bond motifs is 1. The second-order valence-corrected chi connectivity index (χ2v) is 5.93. The van der Waals surface area contributed by atoms with Gasteiger partial charge in [0, 0.05) is 25.1 Å². The molecule has 6 heteroatoms. The average molecular weight is 289 g/mol. The number of ether oxygens (including phenoxy) is 2. The maximum atomic E-state index is 10.2. The molecule has 112 valence electrons. The van der Waals surface area contributed by atoms with Crippen LogP contribution in [0.2, 0.25) is 0 Å². The minimum atomic E-state index is -0.503. The Hall–Kier alpha value is -2.08. The molecule has 0 amide bonds. The molecule has 0 saturated carbocycles. The molecule has 0 fully saturated rings. The van der Waals surface area contributed by atoms with Gasteiger partial charge in [-0.1, -0.05) is 0 Å². The molecule has 1 aromatic heterocycles. The van der Waals surface area contributed by atoms with Crippen molar-refractivity contribution < 1.29 is 14.6 Å². The van der Waals surface area contributed by atoms with Gasteiger partial charge in [0.05, 0.1) is 6.10 Å². The summed E-state index contributed by atoms with van der Waals surface area (Å²) >= 11 is 0. The van der Waals surface area contributed by atoms with E-state index in [1.54, 1.807) is 6.33 Å². The summed E-state index contributed by atoms with van der Waals surface area (Å²) in [6.07, 6.45) is 1.71. The number of hydrogen-bond donors (Lipinski definition) is 1. The molecule has 3 rings (SSSR count). The monoisotopic (exact) mass is 289 g/mol. The van der Waals surface area contributed by atoms with Crippen molar-refractivity contribution in [2.75, 3.05) is 0 Å². The zero-order valence-corrected chi connectivity index (χ0v) is 12.4. The second kappa shape index (κ2) is 5.04. The van der Waals surface area contributed by atoms with Crippen molar-refractivity contribution in [2.45, 2.75) is 38.6 Å². The Morgan fingerprint density at radius 2 is 2.29 bits per heavy atom. The van der Waals surface area contributed by atoms with Crippen LogP contribution in [0.15, 0.2) is 24.5 Å². The average Bonchev–Trinajstić information content (AvgIpc) is 2.80. The van der Waals surface area contributed by atoms with E-state index in [1.807, 2.05) is 43.7 Å². The molecule has 0 radical (unpaired) electrons. The van der Waals surface area contributed by atoms with Crippen molar-refractivity contribution in [3.05, 3.63) is 35.9 Å². The van der Waals surface area contributed by atoms with Gasteiger partial charge < -0.3 is 19.1 Å². The standard InChI is InChI=1S/C15H19N3O3/c1-15(2)7-12(19)11-5-4-10(6-13(11)21-15)20-8-14-17-16-9-18(14)3/h4-6,9,12,19H,7-8H2,1-3H3. The molecule has 0 saturated heterocycles. The van der Waals surface area contributed by atoms with Gasteiger partial charge in [-0.3, -0.25) is 0 Å². The lowest BCUT2D eigenvalue weighted by atomic mass is 9.92. The lowest BCUT2D eigenvalue weighted by Crippen LogP contribution is -2.34. The number of aliphatic hydroxyl groups excluding tert-OH is 1. The van der Waals surface area contributed by atoms with E-state index in [-0.39, 0.29) is 5.60 Å². The molecule has 0 aliphatic carbocycles. The van der Waals surface area contributed by atoms with Crippen LogP contribution in [0.3, 0.4) is 0 Å². The van der Waals surface area contributed by atoms with Gasteiger partial charge in [-0.25, -0.2) is 0 Å². The molecule has 1 unspecified atom stereocenters. The molecule has 0 spiro atoms. The van der Waals surface area contributed by atoms with E-state index in [1.165, 1.54) is 0 Å². The van der Waals surface area contributed by atoms with E-state index in [2.05, 4.69) is 10.2 Å². The summed E-state index contributed by atoms with van der Waals surface area (Å²) in [4.78, 5) is 0. The highest BCUT2D eigenvalue weighted by molar-refractivity contribution is 5.43. The van der Waals surface area contributed by atoms with Crippen LogP contribution in [-0.2, 0) is 13.7 Å². The number of rotatable bonds is 3. The third-order valence-corrected chi connectivity index (χ3v) is 3.59. The second-order valence-electron chi connectivity index (χ2n) is 5.93. The SMILES string of the molecule is Cn1cnnc1COc1ccc2c(c1)OC(C)(C)CC2O. The summed E-state index contributed by atoms with van der Waals surface area (Å²) in [7, 11) is 1.87. The zero-order valence-electron chi connectivity index (χ0n) is 12.4. The molecule has 2 heterocycles. The number of aromatic nitrogens is 3. The van der Waals surface area contributed by atoms with Gasteiger partial charge in [0.25, 0.3) is 0 Å². The van der Waals surface area contributed by atoms with Gasteiger partial charge in [0.1, 0.15) is 30.0 Å². The Balaban J connectivity index is 1.78. The Kier molecular flexibility index (Phi) is 3.33. The van der Waals surface area contributed by atoms with Crippen molar-refractivity contribution in [1.82, 2.24) is 14.8 Å². The summed E-state index contributed by atoms with van der Waals surface area (Å²) in [5.41, 5.74) is 0.426. The molecule has 1 aliphatic rings. The Labute approximate surface area is 123 Å². The van der Waals surface area contributed by atoms with Gasteiger partial charge in [-0.15, -0.1) is 10.2 Å². The highest BCUT2D eigenvalue weighted by atomic mass is 16.5. The van der Waals surface area contributed by atoms with Gasteiger partial charge in [-0.2, -0.15) is 0 Å². The van der Waals surface area contributed by atoms with Gasteiger partial charge in [0.15, 0.2) is 5.82 Å². The zero-order chi connectivity index (χ0) is 15.0. The van der Waals surface area contributed by atoms with E-state index in [9.17, 15) is 5.11 Å². The molecule has 21 heavy (non-hydrogen) atoms. The van der Waals surface area contributed by atoms with Gasteiger partial charge in [0.2, 0.25) is 0 Å². The molecule has 2 aromatic rings. The Morgan fingerprint density at radius 1 is 1.48 bits per heavy atom. The van der Waals surface area contributed by atoms with E-state index < -0.39 is 6.10 Å². The van der Waals surface area contributed by atoms with Crippen LogP contribution in [0.4, 0.5) is 0 Å². The minimum Gasteiger partial charge on any atom is -0.487 e. The molecule has 1 N–H and O–H groups in total. The Morgan fingerprint density at radius 3 is 3.00 bits per heavy atom. The first kappa shape index (κ1) is 13.9. The predicted octanol–water partition coefficient (Wildman–Crippen LogP) is 1.99. The summed E-state index contributed by atoms with van der Waals surface area (Å²) < 4.78 is 13.4. The lowest BCUT2D eigenvalue weighted by molar-refractivity contribution is 0.0113. The summed E-state index contributed by atoms with van der Waals surface area (Å²) in [5, 5.41) is 17.9. The number of aryl methyl sites for hydroxylation is 1. The minimum absolute atomic E-state index is 0.335. The fraction of sp³-hybridized carbons (Fsp3) is 0.467. The first-order valence-corrected chi connectivity index (χ1v) is 6.91. The normalized spacial score (nSPS) is 19.7. The molecular weight excluding hydrogens is 270 g/mol. The smallest absolute Gasteiger partial charge is 0.170 e. The van der Waals surface area contributed by atoms with Crippen LogP contribution in [0.1, 0.15) is 37.8 Å². The summed E-state index contributed by atoms with van der Waals surface area (Å²) in [5.74, 6) is 2.10. The van der Waals surface area contributed by atoms with Crippen LogP contribution in [0, 0.1) is 0 Å². The van der Waals surface area contributed by atoms with Crippen LogP contribution >= 0.6 is 0 Å². The van der Waals surface area contributed by atoms with Crippen molar-refractivity contribution in [2.24, 2.45) is 7.05 Å². The van der Waals surface area contributed by atoms with Crippen molar-refractivity contribution in [3.8, 4) is 11.5 Å². The first-order chi connectivity index (χ1) is 9.94. The highest BCUT2D eigenvalue weighted by Crippen LogP contribution is 2.41. The van der Waals surface area contributed by atoms with E-state index >= 15 is 0 Å². The molecule has 6 nitrogen and oxygen atoms in total. The van der Waals surface area contributed by atoms with Crippen LogP contribution in [0.25, 0.3) is 0 Å². The van der Waals surface area contributed by atoms with E-state index in [0.29, 0.717) is 24.5 Å². The summed E-state index contributed by atoms with van der Waals surface area (Å²) in [6, 6.07) is 5.50. The van der Waals surface area contributed by atoms with E-state index in [0.717, 1.165) is 11.4 Å². The number of nitrogens with zero attached hydrogens (tertiary/aromatic N) is 3. The summed E-state index contributed by atoms with van der Waals surface area (Å²) in [6.45, 7) is 4.26. The van der Waals surface area contributed by atoms with E-state index in [4.69, 9.17) is 9.47 Å². The first-order valence-electron chi connectivity index (χ1n) is 6.91. The van der Waals surface area contributed by atoms with Crippen molar-refractivity contribution >= 4 is 0 Å². The molecular formula is C15H19N3O3. The Bertz CT molecular complexity index is 651. The fourth-order valence-electron chi connectivity index (χ4n) is 2.47. The van der Waals surface area contributed by atoms with Crippen LogP contribution < -0.4 is 9.47 Å². The third-order valence-electron chi connectivity index (χ3n) is 3.59. The molecule has 0 bridgehead atoms. The quantitative estimate of drug-likeness (QED) is 0.935. The predicted molar refractivity (Wildman–Crippen MR) is 76.1 cm³/mol. The van der Waals surface area contributed by atoms with Gasteiger partial charge >= 0.3 is 0 Å². The van der Waals surface area contributed by atoms with Crippen LogP contribution in [0.5, 0.6) is 11.5 Å². The largest absolute Gasteiger partial charge is 0.487 e. The molecule has 1 atom stereocenters. The lowest BCUT2D eigenvalue weighted by Gasteiger charge is -2.35. The van der Waals surface area contributed by atoms with Crippen LogP contribution in [-0.4, -0.2) is 25.5 Å². The maximum Gasteiger partial charge on any atom is 0.170 e. The third kappa shape index (κ3) is 2.85. The molecule has 1 aliphatic heterocycles. The molecule has 1 aromatic carbocycles. The number of benzene rings is 1. The highest BCUT2D eigenvalue weighted by Gasteiger charge is 2.32. The fourth-order valence-corrected chi connectivity index (χ4v) is 2.47. The van der Waals surface area contributed by atoms with Crippen molar-refractivity contribution in [1.29, 1.82) is 0 Å². The number of aliphatic hydroxyl groups is 1. The maximum absolute atomic E-state index is 10.2.